The van der Waals surface area contributed by atoms with Crippen LogP contribution in [0.4, 0.5) is 5.69 Å². The van der Waals surface area contributed by atoms with Gasteiger partial charge in [0.05, 0.1) is 16.8 Å². The van der Waals surface area contributed by atoms with Crippen LogP contribution in [0.5, 0.6) is 0 Å². The predicted molar refractivity (Wildman–Crippen MR) is 54.2 cm³/mol. The second-order valence-electron chi connectivity index (χ2n) is 2.72. The van der Waals surface area contributed by atoms with Gasteiger partial charge < -0.3 is 9.42 Å². The highest BCUT2D eigenvalue weighted by molar-refractivity contribution is 7.61. The van der Waals surface area contributed by atoms with E-state index in [1.807, 2.05) is 0 Å². The quantitative estimate of drug-likeness (QED) is 0.481. The number of benzene rings is 1. The van der Waals surface area contributed by atoms with Gasteiger partial charge >= 0.3 is 7.60 Å². The number of hydrogen-bond acceptors (Lipinski definition) is 4. The topological polar surface area (TPSA) is 89.7 Å². The molecule has 1 unspecified atom stereocenters. The van der Waals surface area contributed by atoms with Crippen molar-refractivity contribution in [3.63, 3.8) is 0 Å². The summed E-state index contributed by atoms with van der Waals surface area (Å²) in [5, 5.41) is 10.4. The van der Waals surface area contributed by atoms with Crippen LogP contribution in [0.25, 0.3) is 0 Å². The third-order valence-electron chi connectivity index (χ3n) is 1.67. The van der Waals surface area contributed by atoms with Gasteiger partial charge in [-0.3, -0.25) is 14.7 Å². The molecule has 0 aliphatic carbocycles. The smallest absolute Gasteiger partial charge is 0.321 e. The van der Waals surface area contributed by atoms with E-state index in [0.29, 0.717) is 0 Å². The molecule has 1 aromatic rings. The maximum atomic E-state index is 11.5. The largest absolute Gasteiger partial charge is 0.359 e. The number of nitrogens with zero attached hydrogens (tertiary/aromatic N) is 1. The Morgan fingerprint density at radius 2 is 2.27 bits per heavy atom. The molecular formula is C8H10NO5P. The lowest BCUT2D eigenvalue weighted by Crippen LogP contribution is -2.07. The molecule has 0 aromatic heterocycles. The predicted octanol–water partition coefficient (Wildman–Crippen LogP) is 1.44. The molecule has 0 saturated heterocycles. The molecule has 0 radical (unpaired) electrons. The highest BCUT2D eigenvalue weighted by Gasteiger charge is 2.23. The number of non-ortho nitro benzene ring substituents is 1. The first-order valence-electron chi connectivity index (χ1n) is 4.19. The summed E-state index contributed by atoms with van der Waals surface area (Å²) in [7, 11) is -3.92. The maximum Gasteiger partial charge on any atom is 0.359 e. The second kappa shape index (κ2) is 4.53. The van der Waals surface area contributed by atoms with Crippen LogP contribution < -0.4 is 5.30 Å². The van der Waals surface area contributed by atoms with Crippen LogP contribution in [0.2, 0.25) is 0 Å². The first-order chi connectivity index (χ1) is 6.97. The Kier molecular flexibility index (Phi) is 3.57. The van der Waals surface area contributed by atoms with Gasteiger partial charge in [-0.1, -0.05) is 6.07 Å². The number of rotatable bonds is 4. The zero-order valence-electron chi connectivity index (χ0n) is 7.99. The summed E-state index contributed by atoms with van der Waals surface area (Å²) in [6.07, 6.45) is 0. The van der Waals surface area contributed by atoms with E-state index in [4.69, 9.17) is 0 Å². The molecule has 15 heavy (non-hydrogen) atoms. The Morgan fingerprint density at radius 3 is 2.80 bits per heavy atom. The molecular weight excluding hydrogens is 221 g/mol. The molecule has 0 aliphatic heterocycles. The molecule has 82 valence electrons. The third-order valence-corrected chi connectivity index (χ3v) is 3.21. The Morgan fingerprint density at radius 1 is 1.60 bits per heavy atom. The average Bonchev–Trinajstić information content (AvgIpc) is 2.18. The molecule has 0 spiro atoms. The van der Waals surface area contributed by atoms with E-state index in [1.54, 1.807) is 6.92 Å². The minimum Gasteiger partial charge on any atom is -0.321 e. The summed E-state index contributed by atoms with van der Waals surface area (Å²) in [4.78, 5) is 19.2. The summed E-state index contributed by atoms with van der Waals surface area (Å²) < 4.78 is 16.1. The fraction of sp³-hybridized carbons (Fsp3) is 0.250. The standard InChI is InChI=1S/C8H10NO5P/c1-2-14-15(12,13)8-5-3-4-7(6-8)9(10)11/h3-6H,2H2,1H3,(H,12,13). The van der Waals surface area contributed by atoms with Gasteiger partial charge in [0, 0.05) is 12.1 Å². The van der Waals surface area contributed by atoms with Gasteiger partial charge in [-0.25, -0.2) is 0 Å². The van der Waals surface area contributed by atoms with Crippen molar-refractivity contribution in [3.05, 3.63) is 34.4 Å². The highest BCUT2D eigenvalue weighted by Crippen LogP contribution is 2.40. The summed E-state index contributed by atoms with van der Waals surface area (Å²) >= 11 is 0. The van der Waals surface area contributed by atoms with Crippen LogP contribution in [-0.2, 0) is 9.09 Å². The van der Waals surface area contributed by atoms with Gasteiger partial charge in [-0.15, -0.1) is 0 Å². The van der Waals surface area contributed by atoms with E-state index < -0.39 is 12.5 Å². The van der Waals surface area contributed by atoms with Crippen LogP contribution in [-0.4, -0.2) is 16.4 Å². The van der Waals surface area contributed by atoms with Crippen molar-refractivity contribution < 1.29 is 18.9 Å². The molecule has 0 bridgehead atoms. The molecule has 0 aliphatic rings. The Hall–Kier alpha value is -1.23. The lowest BCUT2D eigenvalue weighted by Gasteiger charge is -2.09. The Labute approximate surface area is 86.2 Å². The van der Waals surface area contributed by atoms with Gasteiger partial charge in [0.2, 0.25) is 0 Å². The van der Waals surface area contributed by atoms with Gasteiger partial charge in [0.1, 0.15) is 0 Å². The molecule has 1 aromatic carbocycles. The van der Waals surface area contributed by atoms with E-state index in [-0.39, 0.29) is 17.6 Å². The van der Waals surface area contributed by atoms with Crippen molar-refractivity contribution in [3.8, 4) is 0 Å². The van der Waals surface area contributed by atoms with Gasteiger partial charge in [0.25, 0.3) is 5.69 Å². The van der Waals surface area contributed by atoms with Crippen LogP contribution in [0.3, 0.4) is 0 Å². The summed E-state index contributed by atoms with van der Waals surface area (Å²) in [6, 6.07) is 4.95. The van der Waals surface area contributed by atoms with E-state index >= 15 is 0 Å². The van der Waals surface area contributed by atoms with Crippen molar-refractivity contribution in [1.82, 2.24) is 0 Å². The van der Waals surface area contributed by atoms with Gasteiger partial charge in [-0.2, -0.15) is 0 Å². The first-order valence-corrected chi connectivity index (χ1v) is 5.77. The fourth-order valence-corrected chi connectivity index (χ4v) is 2.10. The van der Waals surface area contributed by atoms with Crippen LogP contribution >= 0.6 is 7.60 Å². The SMILES string of the molecule is CCOP(=O)(O)c1cccc([N+](=O)[O-])c1. The first kappa shape index (κ1) is 11.8. The zero-order chi connectivity index (χ0) is 11.5. The highest BCUT2D eigenvalue weighted by atomic mass is 31.2. The Bertz CT molecular complexity index is 419. The lowest BCUT2D eigenvalue weighted by molar-refractivity contribution is -0.384. The molecule has 0 fully saturated rings. The zero-order valence-corrected chi connectivity index (χ0v) is 8.89. The average molecular weight is 231 g/mol. The molecule has 1 atom stereocenters. The fourth-order valence-electron chi connectivity index (χ4n) is 1.03. The molecule has 7 heteroatoms. The van der Waals surface area contributed by atoms with Crippen molar-refractivity contribution in [2.45, 2.75) is 6.92 Å². The van der Waals surface area contributed by atoms with Crippen LogP contribution in [0.1, 0.15) is 6.92 Å². The minimum absolute atomic E-state index is 0.0659. The van der Waals surface area contributed by atoms with E-state index in [2.05, 4.69) is 4.52 Å². The molecule has 1 rings (SSSR count). The maximum absolute atomic E-state index is 11.5. The summed E-state index contributed by atoms with van der Waals surface area (Å²) in [6.45, 7) is 1.64. The Balaban J connectivity index is 3.10. The van der Waals surface area contributed by atoms with E-state index in [1.165, 1.54) is 18.2 Å². The van der Waals surface area contributed by atoms with Crippen molar-refractivity contribution in [1.29, 1.82) is 0 Å². The minimum atomic E-state index is -3.92. The molecule has 0 saturated carbocycles. The monoisotopic (exact) mass is 231 g/mol. The number of nitro groups is 1. The number of hydrogen-bond donors (Lipinski definition) is 1. The normalized spacial score (nSPS) is 14.5. The van der Waals surface area contributed by atoms with Crippen molar-refractivity contribution >= 4 is 18.6 Å². The lowest BCUT2D eigenvalue weighted by atomic mass is 10.3. The van der Waals surface area contributed by atoms with Crippen LogP contribution in [0, 0.1) is 10.1 Å². The molecule has 0 heterocycles. The van der Waals surface area contributed by atoms with Gasteiger partial charge in [0.15, 0.2) is 0 Å². The molecule has 0 amide bonds. The van der Waals surface area contributed by atoms with E-state index in [9.17, 15) is 19.6 Å². The van der Waals surface area contributed by atoms with Gasteiger partial charge in [-0.05, 0) is 13.0 Å². The van der Waals surface area contributed by atoms with Crippen molar-refractivity contribution in [2.24, 2.45) is 0 Å². The third kappa shape index (κ3) is 2.86. The van der Waals surface area contributed by atoms with E-state index in [0.717, 1.165) is 6.07 Å². The molecule has 6 nitrogen and oxygen atoms in total. The second-order valence-corrected chi connectivity index (χ2v) is 4.53. The van der Waals surface area contributed by atoms with Crippen LogP contribution in [0.15, 0.2) is 24.3 Å². The summed E-state index contributed by atoms with van der Waals surface area (Å²) in [5.74, 6) is 0. The molecule has 1 N–H and O–H groups in total. The summed E-state index contributed by atoms with van der Waals surface area (Å²) in [5.41, 5.74) is -0.235. The van der Waals surface area contributed by atoms with Crippen molar-refractivity contribution in [2.75, 3.05) is 6.61 Å². The number of nitro benzene ring substituents is 1.